The number of rotatable bonds is 11. The largest absolute Gasteiger partial charge is 0.354 e. The van der Waals surface area contributed by atoms with Gasteiger partial charge in [0, 0.05) is 13.1 Å². The molecule has 1 N–H and O–H groups in total. The maximum atomic E-state index is 13.7. The number of anilines is 1. The Morgan fingerprint density at radius 1 is 0.972 bits per heavy atom. The summed E-state index contributed by atoms with van der Waals surface area (Å²) in [4.78, 5) is 28.0. The molecule has 0 saturated heterocycles. The highest BCUT2D eigenvalue weighted by atomic mass is 35.5. The van der Waals surface area contributed by atoms with Gasteiger partial charge in [0.05, 0.1) is 22.0 Å². The number of hydrogen-bond donors (Lipinski definition) is 1. The molecule has 0 aromatic heterocycles. The Morgan fingerprint density at radius 3 is 2.17 bits per heavy atom. The van der Waals surface area contributed by atoms with Crippen molar-refractivity contribution >= 4 is 50.7 Å². The average molecular weight is 557 g/mol. The van der Waals surface area contributed by atoms with E-state index in [0.717, 1.165) is 16.1 Å². The molecular weight excluding hydrogens is 521 g/mol. The number of halogens is 2. The van der Waals surface area contributed by atoms with Crippen LogP contribution in [0.25, 0.3) is 0 Å². The first-order chi connectivity index (χ1) is 16.7. The molecule has 0 aliphatic heterocycles. The van der Waals surface area contributed by atoms with Gasteiger partial charge < -0.3 is 10.2 Å². The Kier molecular flexibility index (Phi) is 10.6. The van der Waals surface area contributed by atoms with Crippen LogP contribution in [-0.2, 0) is 26.2 Å². The molecule has 2 aromatic carbocycles. The normalized spacial score (nSPS) is 12.5. The van der Waals surface area contributed by atoms with Crippen molar-refractivity contribution in [3.8, 4) is 0 Å². The summed E-state index contributed by atoms with van der Waals surface area (Å²) < 4.78 is 26.8. The zero-order valence-corrected chi connectivity index (χ0v) is 23.9. The van der Waals surface area contributed by atoms with Crippen LogP contribution in [0.15, 0.2) is 42.5 Å². The molecule has 0 bridgehead atoms. The minimum absolute atomic E-state index is 0.0357. The van der Waals surface area contributed by atoms with Crippen LogP contribution < -0.4 is 9.62 Å². The van der Waals surface area contributed by atoms with Crippen LogP contribution >= 0.6 is 23.2 Å². The van der Waals surface area contributed by atoms with Crippen LogP contribution in [0.1, 0.15) is 51.7 Å². The number of nitrogens with zero attached hydrogens (tertiary/aromatic N) is 2. The molecule has 2 aromatic rings. The highest BCUT2D eigenvalue weighted by Gasteiger charge is 2.31. The van der Waals surface area contributed by atoms with Crippen LogP contribution in [0.3, 0.4) is 0 Å². The van der Waals surface area contributed by atoms with Crippen molar-refractivity contribution in [2.45, 2.75) is 53.1 Å². The first-order valence-corrected chi connectivity index (χ1v) is 14.4. The SMILES string of the molecule is CC(C)CNC(=O)[C@H](C)N(Cc1ccc(Cl)c(Cl)c1)C(=O)CN(c1ccccc1C(C)C)S(C)(=O)=O. The van der Waals surface area contributed by atoms with Gasteiger partial charge >= 0.3 is 0 Å². The maximum Gasteiger partial charge on any atom is 0.244 e. The molecule has 0 aliphatic carbocycles. The molecule has 1 atom stereocenters. The summed E-state index contributed by atoms with van der Waals surface area (Å²) in [5.41, 5.74) is 1.90. The molecule has 0 spiro atoms. The van der Waals surface area contributed by atoms with Gasteiger partial charge in [-0.05, 0) is 48.1 Å². The molecule has 0 fully saturated rings. The fourth-order valence-electron chi connectivity index (χ4n) is 3.67. The van der Waals surface area contributed by atoms with Crippen molar-refractivity contribution in [2.24, 2.45) is 5.92 Å². The van der Waals surface area contributed by atoms with Gasteiger partial charge in [-0.15, -0.1) is 0 Å². The van der Waals surface area contributed by atoms with E-state index in [4.69, 9.17) is 23.2 Å². The predicted molar refractivity (Wildman–Crippen MR) is 147 cm³/mol. The van der Waals surface area contributed by atoms with E-state index in [1.165, 1.54) is 4.90 Å². The quantitative estimate of drug-likeness (QED) is 0.419. The van der Waals surface area contributed by atoms with E-state index in [1.807, 2.05) is 39.8 Å². The molecular formula is C26H35Cl2N3O4S. The average Bonchev–Trinajstić information content (AvgIpc) is 2.80. The highest BCUT2D eigenvalue weighted by molar-refractivity contribution is 7.92. The van der Waals surface area contributed by atoms with Crippen molar-refractivity contribution < 1.29 is 18.0 Å². The van der Waals surface area contributed by atoms with E-state index < -0.39 is 28.5 Å². The number of hydrogen-bond acceptors (Lipinski definition) is 4. The summed E-state index contributed by atoms with van der Waals surface area (Å²) in [7, 11) is -3.81. The summed E-state index contributed by atoms with van der Waals surface area (Å²) in [5, 5.41) is 3.54. The Bertz CT molecular complexity index is 1190. The lowest BCUT2D eigenvalue weighted by Crippen LogP contribution is -2.51. The first kappa shape index (κ1) is 29.9. The van der Waals surface area contributed by atoms with E-state index in [1.54, 1.807) is 37.3 Å². The zero-order chi connectivity index (χ0) is 27.2. The lowest BCUT2D eigenvalue weighted by atomic mass is 10.0. The Balaban J connectivity index is 2.46. The number of nitrogens with one attached hydrogen (secondary N) is 1. The van der Waals surface area contributed by atoms with Gasteiger partial charge in [0.25, 0.3) is 0 Å². The molecule has 0 saturated carbocycles. The third-order valence-corrected chi connectivity index (χ3v) is 7.56. The van der Waals surface area contributed by atoms with Crippen molar-refractivity contribution in [3.05, 3.63) is 63.6 Å². The van der Waals surface area contributed by atoms with Gasteiger partial charge in [-0.25, -0.2) is 8.42 Å². The lowest BCUT2D eigenvalue weighted by molar-refractivity contribution is -0.139. The van der Waals surface area contributed by atoms with Gasteiger partial charge in [0.2, 0.25) is 21.8 Å². The standard InChI is InChI=1S/C26H35Cl2N3O4S/c1-17(2)14-29-26(33)19(5)30(15-20-11-12-22(27)23(28)13-20)25(32)16-31(36(6,34)35)24-10-8-7-9-21(24)18(3)4/h7-13,17-19H,14-16H2,1-6H3,(H,29,33)/t19-/m0/s1. The molecule has 0 radical (unpaired) electrons. The van der Waals surface area contributed by atoms with Crippen LogP contribution in [0.2, 0.25) is 10.0 Å². The molecule has 36 heavy (non-hydrogen) atoms. The highest BCUT2D eigenvalue weighted by Crippen LogP contribution is 2.29. The smallest absolute Gasteiger partial charge is 0.244 e. The molecule has 2 amide bonds. The minimum atomic E-state index is -3.81. The fourth-order valence-corrected chi connectivity index (χ4v) is 4.86. The van der Waals surface area contributed by atoms with E-state index >= 15 is 0 Å². The van der Waals surface area contributed by atoms with Gasteiger partial charge in [-0.2, -0.15) is 0 Å². The number of benzene rings is 2. The zero-order valence-electron chi connectivity index (χ0n) is 21.6. The van der Waals surface area contributed by atoms with Crippen LogP contribution in [0.5, 0.6) is 0 Å². The van der Waals surface area contributed by atoms with Gasteiger partial charge in [0.15, 0.2) is 0 Å². The monoisotopic (exact) mass is 555 g/mol. The third-order valence-electron chi connectivity index (χ3n) is 5.70. The van der Waals surface area contributed by atoms with Crippen molar-refractivity contribution in [2.75, 3.05) is 23.7 Å². The number of sulfonamides is 1. The Morgan fingerprint density at radius 2 is 1.61 bits per heavy atom. The third kappa shape index (κ3) is 8.11. The van der Waals surface area contributed by atoms with Gasteiger partial charge in [-0.1, -0.05) is 75.2 Å². The number of amides is 2. The number of para-hydroxylation sites is 1. The topological polar surface area (TPSA) is 86.8 Å². The first-order valence-electron chi connectivity index (χ1n) is 11.8. The Hall–Kier alpha value is -2.29. The van der Waals surface area contributed by atoms with Crippen molar-refractivity contribution in [1.82, 2.24) is 10.2 Å². The summed E-state index contributed by atoms with van der Waals surface area (Å²) in [6, 6.07) is 11.2. The molecule has 0 unspecified atom stereocenters. The summed E-state index contributed by atoms with van der Waals surface area (Å²) in [5.74, 6) is -0.579. The minimum Gasteiger partial charge on any atom is -0.354 e. The molecule has 0 heterocycles. The second kappa shape index (κ2) is 12.8. The molecule has 198 valence electrons. The van der Waals surface area contributed by atoms with Crippen LogP contribution in [0.4, 0.5) is 5.69 Å². The molecule has 7 nitrogen and oxygen atoms in total. The summed E-state index contributed by atoms with van der Waals surface area (Å²) >= 11 is 12.2. The van der Waals surface area contributed by atoms with E-state index in [0.29, 0.717) is 27.8 Å². The van der Waals surface area contributed by atoms with E-state index in [2.05, 4.69) is 5.32 Å². The van der Waals surface area contributed by atoms with Crippen molar-refractivity contribution in [1.29, 1.82) is 0 Å². The second-order valence-electron chi connectivity index (χ2n) is 9.57. The summed E-state index contributed by atoms with van der Waals surface area (Å²) in [6.45, 7) is 9.53. The summed E-state index contributed by atoms with van der Waals surface area (Å²) in [6.07, 6.45) is 1.07. The molecule has 10 heteroatoms. The molecule has 2 rings (SSSR count). The van der Waals surface area contributed by atoms with Crippen molar-refractivity contribution in [3.63, 3.8) is 0 Å². The van der Waals surface area contributed by atoms with Crippen LogP contribution in [-0.4, -0.2) is 50.5 Å². The predicted octanol–water partition coefficient (Wildman–Crippen LogP) is 5.07. The van der Waals surface area contributed by atoms with Gasteiger partial charge in [-0.3, -0.25) is 13.9 Å². The van der Waals surface area contributed by atoms with Gasteiger partial charge in [0.1, 0.15) is 12.6 Å². The van der Waals surface area contributed by atoms with E-state index in [9.17, 15) is 18.0 Å². The molecule has 0 aliphatic rings. The number of carbonyl (C=O) groups is 2. The maximum absolute atomic E-state index is 13.7. The lowest BCUT2D eigenvalue weighted by Gasteiger charge is -2.32. The Labute approximate surface area is 224 Å². The van der Waals surface area contributed by atoms with E-state index in [-0.39, 0.29) is 24.3 Å². The fraction of sp³-hybridized carbons (Fsp3) is 0.462. The number of carbonyl (C=O) groups excluding carboxylic acids is 2. The second-order valence-corrected chi connectivity index (χ2v) is 12.3. The van der Waals surface area contributed by atoms with Crippen LogP contribution in [0, 0.1) is 5.92 Å².